The summed E-state index contributed by atoms with van der Waals surface area (Å²) >= 11 is 6.82. The average Bonchev–Trinajstić information content (AvgIpc) is 2.76. The molecule has 0 amide bonds. The highest BCUT2D eigenvalue weighted by Crippen LogP contribution is 2.36. The molecule has 0 aliphatic carbocycles. The standard InChI is InChI=1S/C12H14BrN3S2/c1-7(14-3)10-6-9(13)4-5-11(10)18-12-16-15-8(2)17-12/h4-7,14H,1-3H3. The van der Waals surface area contributed by atoms with Gasteiger partial charge in [0.05, 0.1) is 0 Å². The number of halogens is 1. The average molecular weight is 344 g/mol. The molecule has 96 valence electrons. The first-order chi connectivity index (χ1) is 8.60. The molecule has 1 unspecified atom stereocenters. The first kappa shape index (κ1) is 14.0. The summed E-state index contributed by atoms with van der Waals surface area (Å²) in [7, 11) is 1.97. The van der Waals surface area contributed by atoms with Crippen LogP contribution >= 0.6 is 39.0 Å². The lowest BCUT2D eigenvalue weighted by molar-refractivity contribution is 0.641. The zero-order chi connectivity index (χ0) is 13.1. The Kier molecular flexibility index (Phi) is 4.77. The van der Waals surface area contributed by atoms with E-state index in [1.807, 2.05) is 14.0 Å². The minimum Gasteiger partial charge on any atom is -0.313 e. The second-order valence-electron chi connectivity index (χ2n) is 3.88. The molecule has 0 bridgehead atoms. The summed E-state index contributed by atoms with van der Waals surface area (Å²) < 4.78 is 2.08. The lowest BCUT2D eigenvalue weighted by Gasteiger charge is -2.15. The van der Waals surface area contributed by atoms with E-state index in [0.29, 0.717) is 6.04 Å². The second-order valence-corrected chi connectivity index (χ2v) is 7.27. The van der Waals surface area contributed by atoms with Gasteiger partial charge in [-0.3, -0.25) is 0 Å². The van der Waals surface area contributed by atoms with Gasteiger partial charge in [-0.05, 0) is 44.7 Å². The Balaban J connectivity index is 2.31. The van der Waals surface area contributed by atoms with E-state index in [9.17, 15) is 0 Å². The Morgan fingerprint density at radius 1 is 1.39 bits per heavy atom. The van der Waals surface area contributed by atoms with Crippen LogP contribution < -0.4 is 5.32 Å². The molecule has 0 aliphatic heterocycles. The van der Waals surface area contributed by atoms with E-state index >= 15 is 0 Å². The monoisotopic (exact) mass is 343 g/mol. The second kappa shape index (κ2) is 6.14. The van der Waals surface area contributed by atoms with Gasteiger partial charge in [0, 0.05) is 15.4 Å². The van der Waals surface area contributed by atoms with Crippen molar-refractivity contribution >= 4 is 39.0 Å². The summed E-state index contributed by atoms with van der Waals surface area (Å²) in [6, 6.07) is 6.63. The first-order valence-corrected chi connectivity index (χ1v) is 7.97. The Morgan fingerprint density at radius 3 is 2.78 bits per heavy atom. The minimum absolute atomic E-state index is 0.305. The highest BCUT2D eigenvalue weighted by molar-refractivity contribution is 9.10. The number of hydrogen-bond acceptors (Lipinski definition) is 5. The zero-order valence-electron chi connectivity index (χ0n) is 10.4. The van der Waals surface area contributed by atoms with Crippen LogP contribution in [-0.2, 0) is 0 Å². The summed E-state index contributed by atoms with van der Waals surface area (Å²) in [5.41, 5.74) is 1.27. The fourth-order valence-corrected chi connectivity index (χ4v) is 3.87. The number of benzene rings is 1. The largest absolute Gasteiger partial charge is 0.313 e. The Labute approximate surface area is 124 Å². The molecular formula is C12H14BrN3S2. The molecule has 18 heavy (non-hydrogen) atoms. The van der Waals surface area contributed by atoms with Crippen LogP contribution in [0.3, 0.4) is 0 Å². The number of hydrogen-bond donors (Lipinski definition) is 1. The summed E-state index contributed by atoms with van der Waals surface area (Å²) in [6.07, 6.45) is 0. The van der Waals surface area contributed by atoms with Crippen LogP contribution in [0.1, 0.15) is 23.5 Å². The van der Waals surface area contributed by atoms with Crippen molar-refractivity contribution in [1.29, 1.82) is 0 Å². The first-order valence-electron chi connectivity index (χ1n) is 5.55. The van der Waals surface area contributed by atoms with Crippen LogP contribution in [0.25, 0.3) is 0 Å². The van der Waals surface area contributed by atoms with Crippen LogP contribution in [0.4, 0.5) is 0 Å². The third kappa shape index (κ3) is 3.32. The third-order valence-corrected chi connectivity index (χ3v) is 5.05. The molecule has 0 fully saturated rings. The van der Waals surface area contributed by atoms with Crippen LogP contribution in [0, 0.1) is 6.92 Å². The minimum atomic E-state index is 0.305. The highest BCUT2D eigenvalue weighted by Gasteiger charge is 2.12. The predicted molar refractivity (Wildman–Crippen MR) is 80.4 cm³/mol. The van der Waals surface area contributed by atoms with Gasteiger partial charge in [-0.1, -0.05) is 39.0 Å². The van der Waals surface area contributed by atoms with E-state index in [0.717, 1.165) is 13.8 Å². The van der Waals surface area contributed by atoms with Crippen molar-refractivity contribution in [2.24, 2.45) is 0 Å². The number of nitrogens with one attached hydrogen (secondary N) is 1. The molecular weight excluding hydrogens is 330 g/mol. The van der Waals surface area contributed by atoms with Crippen LogP contribution in [0.15, 0.2) is 31.9 Å². The van der Waals surface area contributed by atoms with E-state index < -0.39 is 0 Å². The molecule has 0 spiro atoms. The molecule has 0 saturated carbocycles. The van der Waals surface area contributed by atoms with Crippen molar-refractivity contribution in [3.8, 4) is 0 Å². The molecule has 1 aromatic carbocycles. The molecule has 0 aliphatic rings. The maximum absolute atomic E-state index is 4.16. The summed E-state index contributed by atoms with van der Waals surface area (Å²) in [5, 5.41) is 12.5. The molecule has 1 atom stereocenters. The van der Waals surface area contributed by atoms with Gasteiger partial charge in [-0.25, -0.2) is 0 Å². The van der Waals surface area contributed by atoms with E-state index in [1.54, 1.807) is 23.1 Å². The molecule has 0 radical (unpaired) electrons. The Bertz CT molecular complexity index is 542. The molecule has 1 N–H and O–H groups in total. The van der Waals surface area contributed by atoms with Gasteiger partial charge in [0.15, 0.2) is 4.34 Å². The van der Waals surface area contributed by atoms with E-state index in [2.05, 4.69) is 56.6 Å². The fraction of sp³-hybridized carbons (Fsp3) is 0.333. The van der Waals surface area contributed by atoms with Gasteiger partial charge in [0.2, 0.25) is 0 Å². The van der Waals surface area contributed by atoms with Gasteiger partial charge in [-0.2, -0.15) is 0 Å². The van der Waals surface area contributed by atoms with Gasteiger partial charge >= 0.3 is 0 Å². The quantitative estimate of drug-likeness (QED) is 0.908. The van der Waals surface area contributed by atoms with E-state index in [4.69, 9.17) is 0 Å². The molecule has 2 rings (SSSR count). The van der Waals surface area contributed by atoms with Crippen molar-refractivity contribution in [3.63, 3.8) is 0 Å². The number of aryl methyl sites for hydroxylation is 1. The SMILES string of the molecule is CNC(C)c1cc(Br)ccc1Sc1nnc(C)s1. The van der Waals surface area contributed by atoms with Crippen LogP contribution in [0.5, 0.6) is 0 Å². The van der Waals surface area contributed by atoms with Gasteiger partial charge < -0.3 is 5.32 Å². The number of nitrogens with zero attached hydrogens (tertiary/aromatic N) is 2. The van der Waals surface area contributed by atoms with Crippen molar-refractivity contribution in [3.05, 3.63) is 33.2 Å². The maximum atomic E-state index is 4.16. The molecule has 0 saturated heterocycles. The topological polar surface area (TPSA) is 37.8 Å². The maximum Gasteiger partial charge on any atom is 0.179 e. The number of rotatable bonds is 4. The normalized spacial score (nSPS) is 12.7. The third-order valence-electron chi connectivity index (χ3n) is 2.58. The van der Waals surface area contributed by atoms with Crippen LogP contribution in [-0.4, -0.2) is 17.2 Å². The van der Waals surface area contributed by atoms with Gasteiger partial charge in [0.25, 0.3) is 0 Å². The summed E-state index contributed by atoms with van der Waals surface area (Å²) in [5.74, 6) is 0. The van der Waals surface area contributed by atoms with E-state index in [-0.39, 0.29) is 0 Å². The van der Waals surface area contributed by atoms with Crippen molar-refractivity contribution < 1.29 is 0 Å². The summed E-state index contributed by atoms with van der Waals surface area (Å²) in [4.78, 5) is 1.22. The lowest BCUT2D eigenvalue weighted by atomic mass is 10.1. The van der Waals surface area contributed by atoms with Crippen molar-refractivity contribution in [2.45, 2.75) is 29.1 Å². The smallest absolute Gasteiger partial charge is 0.179 e. The Morgan fingerprint density at radius 2 is 2.17 bits per heavy atom. The van der Waals surface area contributed by atoms with E-state index in [1.165, 1.54) is 10.5 Å². The molecule has 3 nitrogen and oxygen atoms in total. The number of aromatic nitrogens is 2. The molecule has 1 aromatic heterocycles. The zero-order valence-corrected chi connectivity index (χ0v) is 13.6. The predicted octanol–water partition coefficient (Wildman–Crippen LogP) is 4.04. The lowest BCUT2D eigenvalue weighted by Crippen LogP contribution is -2.13. The molecule has 2 aromatic rings. The molecule has 1 heterocycles. The van der Waals surface area contributed by atoms with Gasteiger partial charge in [0.1, 0.15) is 5.01 Å². The van der Waals surface area contributed by atoms with Crippen molar-refractivity contribution in [1.82, 2.24) is 15.5 Å². The van der Waals surface area contributed by atoms with Crippen molar-refractivity contribution in [2.75, 3.05) is 7.05 Å². The van der Waals surface area contributed by atoms with Gasteiger partial charge in [-0.15, -0.1) is 10.2 Å². The van der Waals surface area contributed by atoms with Crippen LogP contribution in [0.2, 0.25) is 0 Å². The Hall–Kier alpha value is -0.430. The fourth-order valence-electron chi connectivity index (χ4n) is 1.52. The summed E-state index contributed by atoms with van der Waals surface area (Å²) in [6.45, 7) is 4.12. The highest BCUT2D eigenvalue weighted by atomic mass is 79.9. The molecule has 6 heteroatoms.